The molecule has 2 rings (SSSR count). The van der Waals surface area contributed by atoms with E-state index in [-0.39, 0.29) is 6.10 Å². The predicted octanol–water partition coefficient (Wildman–Crippen LogP) is 1.60. The second-order valence-electron chi connectivity index (χ2n) is 3.93. The lowest BCUT2D eigenvalue weighted by Crippen LogP contribution is -2.28. The van der Waals surface area contributed by atoms with E-state index in [1.165, 1.54) is 0 Å². The van der Waals surface area contributed by atoms with Gasteiger partial charge in [-0.2, -0.15) is 0 Å². The summed E-state index contributed by atoms with van der Waals surface area (Å²) in [6.45, 7) is 4.72. The van der Waals surface area contributed by atoms with Crippen molar-refractivity contribution in [3.63, 3.8) is 0 Å². The highest BCUT2D eigenvalue weighted by molar-refractivity contribution is 5.34. The summed E-state index contributed by atoms with van der Waals surface area (Å²) in [6, 6.07) is 3.97. The van der Waals surface area contributed by atoms with E-state index in [2.05, 4.69) is 11.9 Å². The Morgan fingerprint density at radius 3 is 3.07 bits per heavy atom. The van der Waals surface area contributed by atoms with Crippen molar-refractivity contribution in [2.75, 3.05) is 6.54 Å². The predicted molar refractivity (Wildman–Crippen MR) is 55.5 cm³/mol. The van der Waals surface area contributed by atoms with E-state index in [9.17, 15) is 0 Å². The first-order valence-corrected chi connectivity index (χ1v) is 5.05. The molecule has 0 unspecified atom stereocenters. The highest BCUT2D eigenvalue weighted by atomic mass is 16.5. The molecule has 0 aromatic carbocycles. The van der Waals surface area contributed by atoms with Crippen LogP contribution in [-0.4, -0.2) is 17.6 Å². The molecule has 0 bridgehead atoms. The van der Waals surface area contributed by atoms with Gasteiger partial charge in [-0.3, -0.25) is 4.98 Å². The summed E-state index contributed by atoms with van der Waals surface area (Å²) < 4.78 is 5.70. The first-order chi connectivity index (χ1) is 6.70. The zero-order valence-corrected chi connectivity index (χ0v) is 8.66. The average Bonchev–Trinajstić information content (AvgIpc) is 2.17. The molecule has 0 radical (unpaired) electrons. The van der Waals surface area contributed by atoms with Gasteiger partial charge in [0.1, 0.15) is 5.75 Å². The standard InChI is InChI=1S/C11H16N2O/c1-7-3-4-10-11(13-7)9(6-12)5-8(2)14-10/h3-4,8-9H,5-6,12H2,1-2H3/t8-,9+/m1/s1. The molecule has 3 nitrogen and oxygen atoms in total. The lowest BCUT2D eigenvalue weighted by Gasteiger charge is -2.28. The minimum Gasteiger partial charge on any atom is -0.489 e. The van der Waals surface area contributed by atoms with Gasteiger partial charge in [0.05, 0.1) is 11.8 Å². The van der Waals surface area contributed by atoms with Gasteiger partial charge in [-0.1, -0.05) is 0 Å². The van der Waals surface area contributed by atoms with Crippen LogP contribution < -0.4 is 10.5 Å². The lowest BCUT2D eigenvalue weighted by atomic mass is 9.94. The minimum absolute atomic E-state index is 0.251. The summed E-state index contributed by atoms with van der Waals surface area (Å²) in [6.07, 6.45) is 1.22. The highest BCUT2D eigenvalue weighted by Gasteiger charge is 2.25. The van der Waals surface area contributed by atoms with E-state index >= 15 is 0 Å². The Hall–Kier alpha value is -1.09. The molecule has 0 fully saturated rings. The molecule has 2 N–H and O–H groups in total. The molecule has 1 aromatic heterocycles. The number of fused-ring (bicyclic) bond motifs is 1. The van der Waals surface area contributed by atoms with Crippen molar-refractivity contribution in [1.29, 1.82) is 0 Å². The SMILES string of the molecule is Cc1ccc2c(n1)[C@H](CN)C[C@@H](C)O2. The van der Waals surface area contributed by atoms with Gasteiger partial charge in [0, 0.05) is 18.2 Å². The molecule has 2 heterocycles. The topological polar surface area (TPSA) is 48.1 Å². The molecule has 0 spiro atoms. The van der Waals surface area contributed by atoms with Crippen LogP contribution in [-0.2, 0) is 0 Å². The van der Waals surface area contributed by atoms with Crippen molar-refractivity contribution < 1.29 is 4.74 Å². The fourth-order valence-electron chi connectivity index (χ4n) is 1.94. The Bertz CT molecular complexity index is 338. The number of nitrogens with zero attached hydrogens (tertiary/aromatic N) is 1. The molecule has 1 aromatic rings. The first-order valence-electron chi connectivity index (χ1n) is 5.05. The quantitative estimate of drug-likeness (QED) is 0.735. The van der Waals surface area contributed by atoms with Crippen molar-refractivity contribution in [3.8, 4) is 5.75 Å². The number of aromatic nitrogens is 1. The monoisotopic (exact) mass is 192 g/mol. The van der Waals surface area contributed by atoms with E-state index in [0.29, 0.717) is 12.5 Å². The summed E-state index contributed by atoms with van der Waals surface area (Å²) in [7, 11) is 0. The van der Waals surface area contributed by atoms with Crippen LogP contribution in [0.3, 0.4) is 0 Å². The normalized spacial score (nSPS) is 25.4. The Kier molecular flexibility index (Phi) is 2.42. The maximum Gasteiger partial charge on any atom is 0.141 e. The molecule has 0 aliphatic carbocycles. The van der Waals surface area contributed by atoms with Gasteiger partial charge >= 0.3 is 0 Å². The van der Waals surface area contributed by atoms with Crippen LogP contribution in [0, 0.1) is 6.92 Å². The van der Waals surface area contributed by atoms with Crippen molar-refractivity contribution in [3.05, 3.63) is 23.5 Å². The van der Waals surface area contributed by atoms with Gasteiger partial charge in [0.15, 0.2) is 0 Å². The Labute approximate surface area is 84.3 Å². The average molecular weight is 192 g/mol. The largest absolute Gasteiger partial charge is 0.489 e. The molecule has 3 heteroatoms. The fourth-order valence-corrected chi connectivity index (χ4v) is 1.94. The number of pyridine rings is 1. The molecular weight excluding hydrogens is 176 g/mol. The van der Waals surface area contributed by atoms with Crippen LogP contribution >= 0.6 is 0 Å². The molecular formula is C11H16N2O. The zero-order valence-electron chi connectivity index (χ0n) is 8.66. The second-order valence-corrected chi connectivity index (χ2v) is 3.93. The van der Waals surface area contributed by atoms with Crippen LogP contribution in [0.2, 0.25) is 0 Å². The smallest absolute Gasteiger partial charge is 0.141 e. The third-order valence-corrected chi connectivity index (χ3v) is 2.64. The molecule has 2 atom stereocenters. The lowest BCUT2D eigenvalue weighted by molar-refractivity contribution is 0.174. The number of hydrogen-bond acceptors (Lipinski definition) is 3. The van der Waals surface area contributed by atoms with Crippen LogP contribution in [0.5, 0.6) is 5.75 Å². The van der Waals surface area contributed by atoms with Crippen molar-refractivity contribution in [2.24, 2.45) is 5.73 Å². The number of aryl methyl sites for hydroxylation is 1. The Morgan fingerprint density at radius 2 is 2.36 bits per heavy atom. The number of nitrogens with two attached hydrogens (primary N) is 1. The highest BCUT2D eigenvalue weighted by Crippen LogP contribution is 2.34. The van der Waals surface area contributed by atoms with Crippen LogP contribution in [0.25, 0.3) is 0 Å². The van der Waals surface area contributed by atoms with Crippen molar-refractivity contribution in [1.82, 2.24) is 4.98 Å². The Balaban J connectivity index is 2.41. The molecule has 76 valence electrons. The van der Waals surface area contributed by atoms with Crippen LogP contribution in [0.15, 0.2) is 12.1 Å². The third-order valence-electron chi connectivity index (χ3n) is 2.64. The van der Waals surface area contributed by atoms with Gasteiger partial charge in [-0.15, -0.1) is 0 Å². The van der Waals surface area contributed by atoms with E-state index in [4.69, 9.17) is 10.5 Å². The van der Waals surface area contributed by atoms with Crippen molar-refractivity contribution in [2.45, 2.75) is 32.3 Å². The molecule has 1 aliphatic rings. The second kappa shape index (κ2) is 3.58. The third kappa shape index (κ3) is 1.60. The maximum absolute atomic E-state index is 5.73. The fraction of sp³-hybridized carbons (Fsp3) is 0.545. The van der Waals surface area contributed by atoms with E-state index in [1.54, 1.807) is 0 Å². The van der Waals surface area contributed by atoms with Gasteiger partial charge < -0.3 is 10.5 Å². The van der Waals surface area contributed by atoms with Crippen LogP contribution in [0.4, 0.5) is 0 Å². The molecule has 0 saturated carbocycles. The van der Waals surface area contributed by atoms with Gasteiger partial charge in [0.2, 0.25) is 0 Å². The number of rotatable bonds is 1. The zero-order chi connectivity index (χ0) is 10.1. The molecule has 14 heavy (non-hydrogen) atoms. The number of ether oxygens (including phenoxy) is 1. The van der Waals surface area contributed by atoms with E-state index in [0.717, 1.165) is 23.6 Å². The summed E-state index contributed by atoms with van der Waals surface area (Å²) in [4.78, 5) is 4.50. The van der Waals surface area contributed by atoms with E-state index in [1.807, 2.05) is 19.1 Å². The molecule has 1 aliphatic heterocycles. The summed E-state index contributed by atoms with van der Waals surface area (Å²) >= 11 is 0. The minimum atomic E-state index is 0.251. The van der Waals surface area contributed by atoms with Crippen molar-refractivity contribution >= 4 is 0 Å². The number of hydrogen-bond donors (Lipinski definition) is 1. The maximum atomic E-state index is 5.73. The first kappa shape index (κ1) is 9.46. The van der Waals surface area contributed by atoms with Gasteiger partial charge in [0.25, 0.3) is 0 Å². The Morgan fingerprint density at radius 1 is 1.57 bits per heavy atom. The van der Waals surface area contributed by atoms with E-state index < -0.39 is 0 Å². The molecule has 0 amide bonds. The molecule has 0 saturated heterocycles. The van der Waals surface area contributed by atoms with Gasteiger partial charge in [-0.05, 0) is 32.4 Å². The van der Waals surface area contributed by atoms with Crippen LogP contribution in [0.1, 0.15) is 30.7 Å². The summed E-state index contributed by atoms with van der Waals surface area (Å²) in [5, 5.41) is 0. The summed E-state index contributed by atoms with van der Waals surface area (Å²) in [5.74, 6) is 1.26. The summed E-state index contributed by atoms with van der Waals surface area (Å²) in [5.41, 5.74) is 7.80. The van der Waals surface area contributed by atoms with Gasteiger partial charge in [-0.25, -0.2) is 0 Å².